The van der Waals surface area contributed by atoms with Crippen molar-refractivity contribution >= 4 is 11.0 Å². The smallest absolute Gasteiger partial charge is 0.216 e. The molecule has 0 spiro atoms. The molecular weight excluding hydrogens is 327 g/mol. The topological polar surface area (TPSA) is 54.5 Å². The second-order valence-electron chi connectivity index (χ2n) is 6.44. The van der Waals surface area contributed by atoms with Gasteiger partial charge in [-0.05, 0) is 60.7 Å². The van der Waals surface area contributed by atoms with Crippen LogP contribution in [0.2, 0.25) is 0 Å². The van der Waals surface area contributed by atoms with Crippen LogP contribution in [0.15, 0.2) is 55.1 Å². The van der Waals surface area contributed by atoms with Gasteiger partial charge in [0.2, 0.25) is 5.95 Å². The third-order valence-electron chi connectivity index (χ3n) is 4.70. The Balaban J connectivity index is 1.50. The largest absolute Gasteiger partial charge is 0.346 e. The van der Waals surface area contributed by atoms with E-state index in [1.54, 1.807) is 12.4 Å². The summed E-state index contributed by atoms with van der Waals surface area (Å²) in [4.78, 5) is 15.7. The highest BCUT2D eigenvalue weighted by Gasteiger charge is 2.10. The summed E-state index contributed by atoms with van der Waals surface area (Å²) in [6.07, 6.45) is 9.27. The molecule has 0 amide bonds. The Morgan fingerprint density at radius 3 is 2.77 bits per heavy atom. The molecule has 4 rings (SSSR count). The molecule has 4 heterocycles. The van der Waals surface area contributed by atoms with Gasteiger partial charge in [0.15, 0.2) is 0 Å². The Morgan fingerprint density at radius 2 is 1.92 bits per heavy atom. The van der Waals surface area contributed by atoms with E-state index in [2.05, 4.69) is 26.9 Å². The summed E-state index contributed by atoms with van der Waals surface area (Å²) in [5.74, 6) is -0.399. The average molecular weight is 346 g/mol. The van der Waals surface area contributed by atoms with E-state index in [1.807, 2.05) is 42.7 Å². The molecule has 0 atom stereocenters. The number of hydrogen-bond acceptors (Lipinski definition) is 3. The molecule has 0 aromatic carbocycles. The highest BCUT2D eigenvalue weighted by atomic mass is 19.1. The van der Waals surface area contributed by atoms with E-state index < -0.39 is 5.95 Å². The summed E-state index contributed by atoms with van der Waals surface area (Å²) in [6, 6.07) is 9.62. The Kier molecular flexibility index (Phi) is 4.44. The molecular formula is C21H19FN4. The highest BCUT2D eigenvalue weighted by Crippen LogP contribution is 2.20. The fourth-order valence-electron chi connectivity index (χ4n) is 3.16. The molecule has 1 N–H and O–H groups in total. The number of hydrogen-bond donors (Lipinski definition) is 1. The van der Waals surface area contributed by atoms with Gasteiger partial charge >= 0.3 is 0 Å². The Bertz CT molecular complexity index is 1050. The minimum Gasteiger partial charge on any atom is -0.346 e. The van der Waals surface area contributed by atoms with Crippen LogP contribution in [0.3, 0.4) is 0 Å². The van der Waals surface area contributed by atoms with E-state index in [9.17, 15) is 4.39 Å². The van der Waals surface area contributed by atoms with E-state index >= 15 is 0 Å². The highest BCUT2D eigenvalue weighted by molar-refractivity contribution is 5.79. The van der Waals surface area contributed by atoms with Gasteiger partial charge in [0.05, 0.1) is 0 Å². The standard InChI is InChI=1S/C21H19FN4/c1-14-8-10-23-12-16(14)5-7-18-6-4-15(20(22)26-18)11-17-13-25-21-19(17)3-2-9-24-21/h2-4,6,8-10,12-13H,5,7,11H2,1H3,(H,24,25). The maximum Gasteiger partial charge on any atom is 0.216 e. The molecule has 0 aliphatic heterocycles. The zero-order valence-electron chi connectivity index (χ0n) is 14.5. The van der Waals surface area contributed by atoms with Crippen molar-refractivity contribution < 1.29 is 4.39 Å². The quantitative estimate of drug-likeness (QED) is 0.552. The lowest BCUT2D eigenvalue weighted by Crippen LogP contribution is -2.02. The summed E-state index contributed by atoms with van der Waals surface area (Å²) >= 11 is 0. The van der Waals surface area contributed by atoms with E-state index in [0.717, 1.165) is 28.7 Å². The first-order valence-electron chi connectivity index (χ1n) is 8.65. The molecule has 26 heavy (non-hydrogen) atoms. The first kappa shape index (κ1) is 16.4. The zero-order chi connectivity index (χ0) is 17.9. The molecule has 0 saturated heterocycles. The van der Waals surface area contributed by atoms with Gasteiger partial charge in [0, 0.05) is 47.9 Å². The molecule has 0 saturated carbocycles. The predicted octanol–water partition coefficient (Wildman–Crippen LogP) is 4.18. The van der Waals surface area contributed by atoms with E-state index in [-0.39, 0.29) is 0 Å². The Hall–Kier alpha value is -3.08. The van der Waals surface area contributed by atoms with E-state index in [4.69, 9.17) is 0 Å². The normalized spacial score (nSPS) is 11.2. The number of aromatic amines is 1. The first-order valence-corrected chi connectivity index (χ1v) is 8.65. The monoisotopic (exact) mass is 346 g/mol. The van der Waals surface area contributed by atoms with Gasteiger partial charge < -0.3 is 4.98 Å². The molecule has 0 aliphatic carbocycles. The average Bonchev–Trinajstić information content (AvgIpc) is 3.06. The van der Waals surface area contributed by atoms with Crippen molar-refractivity contribution in [2.45, 2.75) is 26.2 Å². The number of aryl methyl sites for hydroxylation is 3. The lowest BCUT2D eigenvalue weighted by molar-refractivity contribution is 0.563. The van der Waals surface area contributed by atoms with Crippen molar-refractivity contribution in [1.82, 2.24) is 19.9 Å². The molecule has 0 aliphatic rings. The lowest BCUT2D eigenvalue weighted by atomic mass is 10.0. The van der Waals surface area contributed by atoms with Crippen LogP contribution in [-0.4, -0.2) is 19.9 Å². The van der Waals surface area contributed by atoms with Crippen LogP contribution in [0.4, 0.5) is 4.39 Å². The van der Waals surface area contributed by atoms with Crippen LogP contribution in [-0.2, 0) is 19.3 Å². The van der Waals surface area contributed by atoms with Crippen LogP contribution in [0.1, 0.15) is 27.9 Å². The summed E-state index contributed by atoms with van der Waals surface area (Å²) < 4.78 is 14.5. The first-order chi connectivity index (χ1) is 12.7. The van der Waals surface area contributed by atoms with Crippen molar-refractivity contribution in [3.05, 3.63) is 89.0 Å². The fourth-order valence-corrected chi connectivity index (χ4v) is 3.16. The number of nitrogens with one attached hydrogen (secondary N) is 1. The molecule has 130 valence electrons. The van der Waals surface area contributed by atoms with Crippen molar-refractivity contribution in [3.8, 4) is 0 Å². The van der Waals surface area contributed by atoms with Gasteiger partial charge in [-0.25, -0.2) is 9.97 Å². The van der Waals surface area contributed by atoms with Crippen molar-refractivity contribution in [2.24, 2.45) is 0 Å². The maximum atomic E-state index is 14.5. The number of halogens is 1. The van der Waals surface area contributed by atoms with Crippen LogP contribution < -0.4 is 0 Å². The Labute approximate surface area is 151 Å². The molecule has 4 aromatic heterocycles. The molecule has 5 heteroatoms. The van der Waals surface area contributed by atoms with Gasteiger partial charge in [-0.3, -0.25) is 4.98 Å². The predicted molar refractivity (Wildman–Crippen MR) is 99.5 cm³/mol. The van der Waals surface area contributed by atoms with Gasteiger partial charge in [-0.15, -0.1) is 0 Å². The maximum absolute atomic E-state index is 14.5. The summed E-state index contributed by atoms with van der Waals surface area (Å²) in [6.45, 7) is 2.06. The molecule has 4 nitrogen and oxygen atoms in total. The van der Waals surface area contributed by atoms with Crippen LogP contribution >= 0.6 is 0 Å². The summed E-state index contributed by atoms with van der Waals surface area (Å²) in [5.41, 5.74) is 5.56. The van der Waals surface area contributed by atoms with E-state index in [1.165, 1.54) is 11.1 Å². The van der Waals surface area contributed by atoms with Crippen molar-refractivity contribution in [1.29, 1.82) is 0 Å². The number of fused-ring (bicyclic) bond motifs is 1. The van der Waals surface area contributed by atoms with Gasteiger partial charge in [0.1, 0.15) is 5.65 Å². The molecule has 4 aromatic rings. The third kappa shape index (κ3) is 3.33. The molecule has 0 bridgehead atoms. The van der Waals surface area contributed by atoms with Gasteiger partial charge in [-0.2, -0.15) is 4.39 Å². The number of aromatic nitrogens is 4. The van der Waals surface area contributed by atoms with Gasteiger partial charge in [-0.1, -0.05) is 6.07 Å². The lowest BCUT2D eigenvalue weighted by Gasteiger charge is -2.07. The number of rotatable bonds is 5. The number of pyridine rings is 3. The minimum absolute atomic E-state index is 0.399. The third-order valence-corrected chi connectivity index (χ3v) is 4.70. The fraction of sp³-hybridized carbons (Fsp3) is 0.190. The summed E-state index contributed by atoms with van der Waals surface area (Å²) in [7, 11) is 0. The molecule has 0 unspecified atom stereocenters. The second kappa shape index (κ2) is 7.04. The molecule has 0 radical (unpaired) electrons. The van der Waals surface area contributed by atoms with Crippen LogP contribution in [0, 0.1) is 12.9 Å². The summed E-state index contributed by atoms with van der Waals surface area (Å²) in [5, 5.41) is 1.02. The Morgan fingerprint density at radius 1 is 1.00 bits per heavy atom. The van der Waals surface area contributed by atoms with Crippen LogP contribution in [0.5, 0.6) is 0 Å². The SMILES string of the molecule is Cc1ccncc1CCc1ccc(Cc2c[nH]c3ncccc23)c(F)n1. The number of nitrogens with zero attached hydrogens (tertiary/aromatic N) is 3. The van der Waals surface area contributed by atoms with Crippen LogP contribution in [0.25, 0.3) is 11.0 Å². The minimum atomic E-state index is -0.399. The molecule has 0 fully saturated rings. The van der Waals surface area contributed by atoms with Crippen molar-refractivity contribution in [3.63, 3.8) is 0 Å². The van der Waals surface area contributed by atoms with Gasteiger partial charge in [0.25, 0.3) is 0 Å². The van der Waals surface area contributed by atoms with Crippen molar-refractivity contribution in [2.75, 3.05) is 0 Å². The second-order valence-corrected chi connectivity index (χ2v) is 6.44. The van der Waals surface area contributed by atoms with E-state index in [0.29, 0.717) is 18.4 Å². The zero-order valence-corrected chi connectivity index (χ0v) is 14.5. The number of H-pyrrole nitrogens is 1.